The van der Waals surface area contributed by atoms with Crippen molar-refractivity contribution < 1.29 is 9.53 Å². The summed E-state index contributed by atoms with van der Waals surface area (Å²) in [5.74, 6) is 0.177. The van der Waals surface area contributed by atoms with Crippen molar-refractivity contribution in [2.24, 2.45) is 5.92 Å². The van der Waals surface area contributed by atoms with Crippen molar-refractivity contribution in [2.45, 2.75) is 57.5 Å². The van der Waals surface area contributed by atoms with Crippen molar-refractivity contribution in [3.63, 3.8) is 0 Å². The highest BCUT2D eigenvalue weighted by atomic mass is 16.5. The number of fused-ring (bicyclic) bond motifs is 2. The Balaban J connectivity index is 1.68. The Morgan fingerprint density at radius 1 is 1.40 bits per heavy atom. The molecule has 1 N–H and O–H groups in total. The first-order valence-electron chi connectivity index (χ1n) is 6.24. The number of hydrogen-bond donors (Lipinski definition) is 1. The van der Waals surface area contributed by atoms with E-state index in [1.165, 1.54) is 12.8 Å². The lowest BCUT2D eigenvalue weighted by Gasteiger charge is -2.18. The fraction of sp³-hybridized carbons (Fsp3) is 0.917. The van der Waals surface area contributed by atoms with Gasteiger partial charge in [0.25, 0.3) is 0 Å². The van der Waals surface area contributed by atoms with Crippen molar-refractivity contribution in [2.75, 3.05) is 6.61 Å². The Morgan fingerprint density at radius 2 is 2.27 bits per heavy atom. The maximum absolute atomic E-state index is 11.7. The van der Waals surface area contributed by atoms with Gasteiger partial charge in [-0.2, -0.15) is 0 Å². The lowest BCUT2D eigenvalue weighted by molar-refractivity contribution is -0.149. The molecule has 2 bridgehead atoms. The average molecular weight is 211 g/mol. The molecule has 0 radical (unpaired) electrons. The first-order chi connectivity index (χ1) is 7.31. The Bertz CT molecular complexity index is 230. The zero-order valence-electron chi connectivity index (χ0n) is 9.50. The molecule has 2 aliphatic heterocycles. The fourth-order valence-corrected chi connectivity index (χ4v) is 2.72. The van der Waals surface area contributed by atoms with Gasteiger partial charge in [-0.15, -0.1) is 0 Å². The van der Waals surface area contributed by atoms with Crippen LogP contribution in [0.5, 0.6) is 0 Å². The molecular weight excluding hydrogens is 190 g/mol. The molecule has 2 heterocycles. The first-order valence-corrected chi connectivity index (χ1v) is 6.24. The number of nitrogens with one attached hydrogen (secondary N) is 1. The van der Waals surface area contributed by atoms with Crippen molar-refractivity contribution in [3.05, 3.63) is 0 Å². The van der Waals surface area contributed by atoms with E-state index in [0.717, 1.165) is 25.7 Å². The van der Waals surface area contributed by atoms with Gasteiger partial charge in [0, 0.05) is 12.1 Å². The molecule has 86 valence electrons. The van der Waals surface area contributed by atoms with Crippen LogP contribution in [-0.4, -0.2) is 24.7 Å². The minimum absolute atomic E-state index is 0.0332. The van der Waals surface area contributed by atoms with Gasteiger partial charge in [-0.25, -0.2) is 0 Å². The molecule has 0 spiro atoms. The molecule has 15 heavy (non-hydrogen) atoms. The molecule has 0 saturated carbocycles. The molecule has 0 aromatic rings. The van der Waals surface area contributed by atoms with Crippen LogP contribution in [0.4, 0.5) is 0 Å². The summed E-state index contributed by atoms with van der Waals surface area (Å²) in [6.07, 6.45) is 6.73. The summed E-state index contributed by atoms with van der Waals surface area (Å²) >= 11 is 0. The van der Waals surface area contributed by atoms with Crippen molar-refractivity contribution in [3.8, 4) is 0 Å². The second kappa shape index (κ2) is 4.97. The minimum atomic E-state index is 0.0332. The van der Waals surface area contributed by atoms with E-state index in [2.05, 4.69) is 12.2 Å². The smallest absolute Gasteiger partial charge is 0.310 e. The largest absolute Gasteiger partial charge is 0.465 e. The van der Waals surface area contributed by atoms with Gasteiger partial charge in [0.2, 0.25) is 0 Å². The number of carbonyl (C=O) groups is 1. The zero-order valence-corrected chi connectivity index (χ0v) is 9.50. The molecule has 0 aliphatic carbocycles. The summed E-state index contributed by atoms with van der Waals surface area (Å²) < 4.78 is 5.30. The minimum Gasteiger partial charge on any atom is -0.465 e. The van der Waals surface area contributed by atoms with E-state index in [9.17, 15) is 4.79 Å². The van der Waals surface area contributed by atoms with E-state index in [1.54, 1.807) is 0 Å². The number of unbranched alkanes of at least 4 members (excludes halogenated alkanes) is 2. The second-order valence-corrected chi connectivity index (χ2v) is 4.76. The standard InChI is InChI=1S/C12H21NO2/c1-2-3-4-7-15-12(14)10-8-9-5-6-11(10)13-9/h9-11,13H,2-8H2,1H3. The molecule has 3 atom stereocenters. The molecule has 3 unspecified atom stereocenters. The maximum atomic E-state index is 11.7. The van der Waals surface area contributed by atoms with Crippen LogP contribution in [0.2, 0.25) is 0 Å². The predicted octanol–water partition coefficient (Wildman–Crippen LogP) is 1.86. The van der Waals surface area contributed by atoms with E-state index >= 15 is 0 Å². The summed E-state index contributed by atoms with van der Waals surface area (Å²) in [5, 5.41) is 3.46. The summed E-state index contributed by atoms with van der Waals surface area (Å²) in [4.78, 5) is 11.7. The molecule has 2 rings (SSSR count). The molecule has 0 amide bonds. The molecular formula is C12H21NO2. The van der Waals surface area contributed by atoms with Crippen LogP contribution >= 0.6 is 0 Å². The third kappa shape index (κ3) is 2.51. The Hall–Kier alpha value is -0.570. The van der Waals surface area contributed by atoms with Gasteiger partial charge < -0.3 is 10.1 Å². The number of carbonyl (C=O) groups excluding carboxylic acids is 1. The molecule has 3 heteroatoms. The number of rotatable bonds is 5. The van der Waals surface area contributed by atoms with Gasteiger partial charge in [-0.3, -0.25) is 4.79 Å². The van der Waals surface area contributed by atoms with Crippen molar-refractivity contribution in [1.82, 2.24) is 5.32 Å². The highest BCUT2D eigenvalue weighted by Gasteiger charge is 2.43. The third-order valence-corrected chi connectivity index (χ3v) is 3.60. The van der Waals surface area contributed by atoms with Crippen LogP contribution in [-0.2, 0) is 9.53 Å². The van der Waals surface area contributed by atoms with Crippen LogP contribution in [0.1, 0.15) is 45.4 Å². The van der Waals surface area contributed by atoms with E-state index in [-0.39, 0.29) is 11.9 Å². The van der Waals surface area contributed by atoms with Gasteiger partial charge in [0.05, 0.1) is 12.5 Å². The van der Waals surface area contributed by atoms with Crippen molar-refractivity contribution >= 4 is 5.97 Å². The molecule has 0 aromatic heterocycles. The quantitative estimate of drug-likeness (QED) is 0.557. The molecule has 3 nitrogen and oxygen atoms in total. The van der Waals surface area contributed by atoms with Crippen LogP contribution in [0.25, 0.3) is 0 Å². The zero-order chi connectivity index (χ0) is 10.7. The van der Waals surface area contributed by atoms with Crippen LogP contribution in [0.15, 0.2) is 0 Å². The van der Waals surface area contributed by atoms with E-state index in [0.29, 0.717) is 18.7 Å². The van der Waals surface area contributed by atoms with Crippen LogP contribution < -0.4 is 5.32 Å². The SMILES string of the molecule is CCCCCOC(=O)C1CC2CCC1N2. The lowest BCUT2D eigenvalue weighted by Crippen LogP contribution is -2.30. The highest BCUT2D eigenvalue weighted by Crippen LogP contribution is 2.33. The normalized spacial score (nSPS) is 33.3. The van der Waals surface area contributed by atoms with Gasteiger partial charge >= 0.3 is 5.97 Å². The second-order valence-electron chi connectivity index (χ2n) is 4.76. The summed E-state index contributed by atoms with van der Waals surface area (Å²) in [7, 11) is 0. The maximum Gasteiger partial charge on any atom is 0.310 e. The number of hydrogen-bond acceptors (Lipinski definition) is 3. The van der Waals surface area contributed by atoms with E-state index in [1.807, 2.05) is 0 Å². The molecule has 0 aromatic carbocycles. The van der Waals surface area contributed by atoms with Crippen LogP contribution in [0, 0.1) is 5.92 Å². The van der Waals surface area contributed by atoms with E-state index in [4.69, 9.17) is 4.74 Å². The number of esters is 1. The fourth-order valence-electron chi connectivity index (χ4n) is 2.72. The van der Waals surface area contributed by atoms with Gasteiger partial charge in [0.1, 0.15) is 0 Å². The Morgan fingerprint density at radius 3 is 2.87 bits per heavy atom. The van der Waals surface area contributed by atoms with Gasteiger partial charge in [-0.1, -0.05) is 19.8 Å². The van der Waals surface area contributed by atoms with Gasteiger partial charge in [-0.05, 0) is 25.7 Å². The Kier molecular flexibility index (Phi) is 3.62. The average Bonchev–Trinajstić information content (AvgIpc) is 2.85. The summed E-state index contributed by atoms with van der Waals surface area (Å²) in [6, 6.07) is 0.997. The first kappa shape index (κ1) is 10.9. The monoisotopic (exact) mass is 211 g/mol. The predicted molar refractivity (Wildman–Crippen MR) is 58.5 cm³/mol. The third-order valence-electron chi connectivity index (χ3n) is 3.60. The van der Waals surface area contributed by atoms with E-state index < -0.39 is 0 Å². The highest BCUT2D eigenvalue weighted by molar-refractivity contribution is 5.74. The van der Waals surface area contributed by atoms with Crippen LogP contribution in [0.3, 0.4) is 0 Å². The lowest BCUT2D eigenvalue weighted by atomic mass is 9.89. The molecule has 2 saturated heterocycles. The Labute approximate surface area is 91.6 Å². The summed E-state index contributed by atoms with van der Waals surface area (Å²) in [5.41, 5.74) is 0. The number of ether oxygens (including phenoxy) is 1. The molecule has 2 aliphatic rings. The van der Waals surface area contributed by atoms with Gasteiger partial charge in [0.15, 0.2) is 0 Å². The molecule has 2 fully saturated rings. The summed E-state index contributed by atoms with van der Waals surface area (Å²) in [6.45, 7) is 2.77. The topological polar surface area (TPSA) is 38.3 Å². The van der Waals surface area contributed by atoms with Crippen molar-refractivity contribution in [1.29, 1.82) is 0 Å².